The van der Waals surface area contributed by atoms with Gasteiger partial charge in [-0.3, -0.25) is 0 Å². The van der Waals surface area contributed by atoms with E-state index in [0.29, 0.717) is 17.3 Å². The third kappa shape index (κ3) is 1.26. The minimum absolute atomic E-state index is 0.326. The summed E-state index contributed by atoms with van der Waals surface area (Å²) in [5, 5.41) is 8.74. The van der Waals surface area contributed by atoms with Gasteiger partial charge in [-0.1, -0.05) is 13.8 Å². The lowest BCUT2D eigenvalue weighted by atomic mass is 10.1. The van der Waals surface area contributed by atoms with Crippen molar-refractivity contribution >= 4 is 11.3 Å². The Hall–Kier alpha value is -0.850. The standard InChI is InChI=1S/C11H14N2S/c1-11(2)8(6-13)10(11)9-4-3-7(5-12)14-9/h3-4,8,10H,6,13H2,1-2H3. The van der Waals surface area contributed by atoms with Gasteiger partial charge in [-0.05, 0) is 30.0 Å². The maximum atomic E-state index is 8.74. The largest absolute Gasteiger partial charge is 0.330 e. The molecule has 1 saturated carbocycles. The molecule has 1 aromatic rings. The van der Waals surface area contributed by atoms with Crippen molar-refractivity contribution in [3.63, 3.8) is 0 Å². The quantitative estimate of drug-likeness (QED) is 0.807. The summed E-state index contributed by atoms with van der Waals surface area (Å²) in [6.07, 6.45) is 0. The molecule has 0 aromatic carbocycles. The number of rotatable bonds is 2. The van der Waals surface area contributed by atoms with Gasteiger partial charge in [-0.2, -0.15) is 5.26 Å². The zero-order valence-corrected chi connectivity index (χ0v) is 9.27. The molecule has 1 aliphatic carbocycles. The third-order valence-corrected chi connectivity index (χ3v) is 4.42. The van der Waals surface area contributed by atoms with Crippen LogP contribution < -0.4 is 5.73 Å². The lowest BCUT2D eigenvalue weighted by Gasteiger charge is -1.98. The van der Waals surface area contributed by atoms with Crippen LogP contribution >= 0.6 is 11.3 Å². The van der Waals surface area contributed by atoms with Crippen LogP contribution in [0.25, 0.3) is 0 Å². The van der Waals surface area contributed by atoms with Crippen molar-refractivity contribution in [2.45, 2.75) is 19.8 Å². The van der Waals surface area contributed by atoms with Crippen molar-refractivity contribution in [1.29, 1.82) is 5.26 Å². The van der Waals surface area contributed by atoms with Crippen LogP contribution in [0.4, 0.5) is 0 Å². The minimum Gasteiger partial charge on any atom is -0.330 e. The van der Waals surface area contributed by atoms with Crippen molar-refractivity contribution in [2.75, 3.05) is 6.54 Å². The molecular formula is C11H14N2S. The predicted molar refractivity (Wildman–Crippen MR) is 58.1 cm³/mol. The van der Waals surface area contributed by atoms with Gasteiger partial charge >= 0.3 is 0 Å². The summed E-state index contributed by atoms with van der Waals surface area (Å²) in [6, 6.07) is 6.16. The number of nitrogens with two attached hydrogens (primary N) is 1. The second-order valence-electron chi connectivity index (χ2n) is 4.46. The van der Waals surface area contributed by atoms with Crippen LogP contribution in [0.3, 0.4) is 0 Å². The summed E-state index contributed by atoms with van der Waals surface area (Å²) in [4.78, 5) is 2.13. The Morgan fingerprint density at radius 1 is 1.57 bits per heavy atom. The summed E-state index contributed by atoms with van der Waals surface area (Å²) in [6.45, 7) is 5.25. The molecule has 0 radical (unpaired) electrons. The van der Waals surface area contributed by atoms with Gasteiger partial charge in [0.25, 0.3) is 0 Å². The van der Waals surface area contributed by atoms with Gasteiger partial charge in [0.05, 0.1) is 0 Å². The molecule has 1 fully saturated rings. The molecule has 0 amide bonds. The Labute approximate surface area is 88.4 Å². The molecule has 1 aliphatic rings. The Bertz CT molecular complexity index is 386. The number of nitriles is 1. The van der Waals surface area contributed by atoms with Crippen LogP contribution in [0.5, 0.6) is 0 Å². The summed E-state index contributed by atoms with van der Waals surface area (Å²) >= 11 is 1.61. The van der Waals surface area contributed by atoms with Gasteiger partial charge in [-0.15, -0.1) is 11.3 Å². The molecule has 2 nitrogen and oxygen atoms in total. The highest BCUT2D eigenvalue weighted by atomic mass is 32.1. The highest BCUT2D eigenvalue weighted by Crippen LogP contribution is 2.64. The molecular weight excluding hydrogens is 192 g/mol. The summed E-state index contributed by atoms with van der Waals surface area (Å²) in [7, 11) is 0. The number of nitrogens with zero attached hydrogens (tertiary/aromatic N) is 1. The lowest BCUT2D eigenvalue weighted by molar-refractivity contribution is 0.559. The van der Waals surface area contributed by atoms with Crippen LogP contribution in [0.1, 0.15) is 29.5 Å². The van der Waals surface area contributed by atoms with E-state index < -0.39 is 0 Å². The molecule has 0 spiro atoms. The van der Waals surface area contributed by atoms with E-state index >= 15 is 0 Å². The first-order chi connectivity index (χ1) is 6.61. The third-order valence-electron chi connectivity index (χ3n) is 3.35. The molecule has 2 rings (SSSR count). The average Bonchev–Trinajstić information content (AvgIpc) is 2.55. The molecule has 3 heteroatoms. The van der Waals surface area contributed by atoms with E-state index in [0.717, 1.165) is 11.4 Å². The fourth-order valence-electron chi connectivity index (χ4n) is 2.33. The maximum absolute atomic E-state index is 8.74. The fraction of sp³-hybridized carbons (Fsp3) is 0.545. The van der Waals surface area contributed by atoms with Crippen molar-refractivity contribution in [3.05, 3.63) is 21.9 Å². The second-order valence-corrected chi connectivity index (χ2v) is 5.57. The van der Waals surface area contributed by atoms with Gasteiger partial charge in [0.1, 0.15) is 10.9 Å². The van der Waals surface area contributed by atoms with Crippen molar-refractivity contribution in [1.82, 2.24) is 0 Å². The first kappa shape index (κ1) is 9.70. The molecule has 2 N–H and O–H groups in total. The Morgan fingerprint density at radius 3 is 2.71 bits per heavy atom. The van der Waals surface area contributed by atoms with Gasteiger partial charge < -0.3 is 5.73 Å². The van der Waals surface area contributed by atoms with Crippen LogP contribution in [-0.4, -0.2) is 6.54 Å². The summed E-state index contributed by atoms with van der Waals surface area (Å²) in [5.41, 5.74) is 6.04. The topological polar surface area (TPSA) is 49.8 Å². The Balaban J connectivity index is 2.23. The van der Waals surface area contributed by atoms with E-state index in [1.54, 1.807) is 11.3 Å². The zero-order valence-electron chi connectivity index (χ0n) is 8.45. The lowest BCUT2D eigenvalue weighted by Crippen LogP contribution is -2.05. The van der Waals surface area contributed by atoms with Gasteiger partial charge in [0.2, 0.25) is 0 Å². The van der Waals surface area contributed by atoms with Crippen molar-refractivity contribution in [2.24, 2.45) is 17.1 Å². The monoisotopic (exact) mass is 206 g/mol. The van der Waals surface area contributed by atoms with Gasteiger partial charge in [0.15, 0.2) is 0 Å². The van der Waals surface area contributed by atoms with E-state index in [9.17, 15) is 0 Å². The smallest absolute Gasteiger partial charge is 0.110 e. The maximum Gasteiger partial charge on any atom is 0.110 e. The van der Waals surface area contributed by atoms with E-state index in [-0.39, 0.29) is 0 Å². The van der Waals surface area contributed by atoms with E-state index in [1.807, 2.05) is 6.07 Å². The first-order valence-corrected chi connectivity index (χ1v) is 5.62. The highest BCUT2D eigenvalue weighted by Gasteiger charge is 2.57. The normalized spacial score (nSPS) is 28.4. The molecule has 2 unspecified atom stereocenters. The predicted octanol–water partition coefficient (Wildman–Crippen LogP) is 2.32. The van der Waals surface area contributed by atoms with E-state index in [4.69, 9.17) is 11.0 Å². The average molecular weight is 206 g/mol. The molecule has 74 valence electrons. The van der Waals surface area contributed by atoms with E-state index in [1.165, 1.54) is 4.88 Å². The Kier molecular flexibility index (Phi) is 2.13. The second kappa shape index (κ2) is 3.08. The van der Waals surface area contributed by atoms with Gasteiger partial charge in [-0.25, -0.2) is 0 Å². The van der Waals surface area contributed by atoms with Crippen LogP contribution in [0, 0.1) is 22.7 Å². The van der Waals surface area contributed by atoms with Gasteiger partial charge in [0, 0.05) is 10.8 Å². The molecule has 1 aromatic heterocycles. The number of thiophene rings is 1. The van der Waals surface area contributed by atoms with Crippen molar-refractivity contribution in [3.8, 4) is 6.07 Å². The van der Waals surface area contributed by atoms with Crippen LogP contribution in [0.15, 0.2) is 12.1 Å². The SMILES string of the molecule is CC1(C)C(CN)C1c1ccc(C#N)s1. The molecule has 0 bridgehead atoms. The number of hydrogen-bond acceptors (Lipinski definition) is 3. The molecule has 2 atom stereocenters. The zero-order chi connectivity index (χ0) is 10.3. The highest BCUT2D eigenvalue weighted by molar-refractivity contribution is 7.12. The molecule has 0 saturated heterocycles. The number of hydrogen-bond donors (Lipinski definition) is 1. The summed E-state index contributed by atoms with van der Waals surface area (Å²) < 4.78 is 0. The van der Waals surface area contributed by atoms with Crippen LogP contribution in [0.2, 0.25) is 0 Å². The molecule has 1 heterocycles. The summed E-state index contributed by atoms with van der Waals surface area (Å²) in [5.74, 6) is 1.16. The molecule has 14 heavy (non-hydrogen) atoms. The Morgan fingerprint density at radius 2 is 2.29 bits per heavy atom. The van der Waals surface area contributed by atoms with Crippen molar-refractivity contribution < 1.29 is 0 Å². The first-order valence-electron chi connectivity index (χ1n) is 4.81. The van der Waals surface area contributed by atoms with E-state index in [2.05, 4.69) is 26.0 Å². The molecule has 0 aliphatic heterocycles. The fourth-order valence-corrected chi connectivity index (χ4v) is 3.50. The van der Waals surface area contributed by atoms with Crippen LogP contribution in [-0.2, 0) is 0 Å². The minimum atomic E-state index is 0.326.